The summed E-state index contributed by atoms with van der Waals surface area (Å²) in [4.78, 5) is 11.6. The maximum absolute atomic E-state index is 11.6. The number of carbonyl (C=O) groups is 1. The zero-order chi connectivity index (χ0) is 11.1. The van der Waals surface area contributed by atoms with Crippen LogP contribution in [0.3, 0.4) is 0 Å². The first-order valence-corrected chi connectivity index (χ1v) is 5.68. The fraction of sp³-hybridized carbons (Fsp3) is 0.909. The summed E-state index contributed by atoms with van der Waals surface area (Å²) in [5, 5.41) is 3.26. The van der Waals surface area contributed by atoms with Crippen molar-refractivity contribution in [3.8, 4) is 0 Å². The number of esters is 1. The van der Waals surface area contributed by atoms with Gasteiger partial charge in [0, 0.05) is 13.2 Å². The molecule has 0 radical (unpaired) electrons. The van der Waals surface area contributed by atoms with Crippen molar-refractivity contribution < 1.29 is 14.3 Å². The van der Waals surface area contributed by atoms with Crippen LogP contribution >= 0.6 is 0 Å². The monoisotopic (exact) mass is 215 g/mol. The van der Waals surface area contributed by atoms with Gasteiger partial charge in [0.15, 0.2) is 0 Å². The third kappa shape index (κ3) is 3.80. The molecule has 1 atom stereocenters. The third-order valence-electron chi connectivity index (χ3n) is 2.81. The lowest BCUT2D eigenvalue weighted by atomic mass is 9.91. The molecule has 0 saturated carbocycles. The van der Waals surface area contributed by atoms with Gasteiger partial charge in [-0.3, -0.25) is 4.79 Å². The van der Waals surface area contributed by atoms with Crippen molar-refractivity contribution in [2.24, 2.45) is 5.92 Å². The molecule has 15 heavy (non-hydrogen) atoms. The Morgan fingerprint density at radius 3 is 2.73 bits per heavy atom. The summed E-state index contributed by atoms with van der Waals surface area (Å²) >= 11 is 0. The quantitative estimate of drug-likeness (QED) is 0.694. The lowest BCUT2D eigenvalue weighted by Crippen LogP contribution is -2.45. The van der Waals surface area contributed by atoms with E-state index in [0.717, 1.165) is 39.0 Å². The Kier molecular flexibility index (Phi) is 5.65. The van der Waals surface area contributed by atoms with Crippen LogP contribution in [0.25, 0.3) is 0 Å². The van der Waals surface area contributed by atoms with E-state index < -0.39 is 0 Å². The fourth-order valence-electron chi connectivity index (χ4n) is 1.92. The van der Waals surface area contributed by atoms with Crippen LogP contribution in [0.5, 0.6) is 0 Å². The van der Waals surface area contributed by atoms with Crippen molar-refractivity contribution in [3.63, 3.8) is 0 Å². The summed E-state index contributed by atoms with van der Waals surface area (Å²) in [5.41, 5.74) is 0. The first-order valence-electron chi connectivity index (χ1n) is 5.68. The van der Waals surface area contributed by atoms with Gasteiger partial charge in [-0.2, -0.15) is 0 Å². The molecule has 1 fully saturated rings. The molecule has 1 saturated heterocycles. The number of rotatable bonds is 5. The Morgan fingerprint density at radius 1 is 1.53 bits per heavy atom. The van der Waals surface area contributed by atoms with Crippen molar-refractivity contribution in [1.29, 1.82) is 0 Å². The second-order valence-corrected chi connectivity index (χ2v) is 3.90. The molecule has 1 heterocycles. The van der Waals surface area contributed by atoms with Crippen molar-refractivity contribution in [1.82, 2.24) is 5.32 Å². The van der Waals surface area contributed by atoms with E-state index in [-0.39, 0.29) is 12.0 Å². The minimum Gasteiger partial charge on any atom is -0.468 e. The minimum atomic E-state index is -0.154. The maximum Gasteiger partial charge on any atom is 0.323 e. The molecule has 0 amide bonds. The topological polar surface area (TPSA) is 47.6 Å². The Hall–Kier alpha value is -0.610. The van der Waals surface area contributed by atoms with Crippen LogP contribution in [-0.2, 0) is 14.3 Å². The Morgan fingerprint density at radius 2 is 2.20 bits per heavy atom. The molecule has 88 valence electrons. The summed E-state index contributed by atoms with van der Waals surface area (Å²) in [6.45, 7) is 4.46. The van der Waals surface area contributed by atoms with Gasteiger partial charge in [-0.15, -0.1) is 0 Å². The summed E-state index contributed by atoms with van der Waals surface area (Å²) in [7, 11) is 1.45. The molecular weight excluding hydrogens is 194 g/mol. The number of ether oxygens (including phenoxy) is 2. The van der Waals surface area contributed by atoms with Crippen molar-refractivity contribution in [3.05, 3.63) is 0 Å². The molecule has 4 heteroatoms. The van der Waals surface area contributed by atoms with Crippen LogP contribution in [0.1, 0.15) is 26.2 Å². The molecule has 1 N–H and O–H groups in total. The van der Waals surface area contributed by atoms with Crippen molar-refractivity contribution in [2.45, 2.75) is 32.2 Å². The standard InChI is InChI=1S/C11H21NO3/c1-3-6-12-10(11(13)14-2)9-4-7-15-8-5-9/h9-10,12H,3-8H2,1-2H3. The molecule has 0 aromatic heterocycles. The van der Waals surface area contributed by atoms with Crippen LogP contribution < -0.4 is 5.32 Å². The predicted molar refractivity (Wildman–Crippen MR) is 57.6 cm³/mol. The van der Waals surface area contributed by atoms with Gasteiger partial charge >= 0.3 is 5.97 Å². The highest BCUT2D eigenvalue weighted by atomic mass is 16.5. The largest absolute Gasteiger partial charge is 0.468 e. The smallest absolute Gasteiger partial charge is 0.323 e. The molecule has 1 aliphatic rings. The van der Waals surface area contributed by atoms with Crippen LogP contribution in [0.4, 0.5) is 0 Å². The van der Waals surface area contributed by atoms with E-state index in [2.05, 4.69) is 12.2 Å². The molecule has 4 nitrogen and oxygen atoms in total. The molecule has 1 unspecified atom stereocenters. The fourth-order valence-corrected chi connectivity index (χ4v) is 1.92. The molecular formula is C11H21NO3. The van der Waals surface area contributed by atoms with E-state index in [1.165, 1.54) is 7.11 Å². The van der Waals surface area contributed by atoms with Crippen molar-refractivity contribution >= 4 is 5.97 Å². The van der Waals surface area contributed by atoms with Gasteiger partial charge < -0.3 is 14.8 Å². The summed E-state index contributed by atoms with van der Waals surface area (Å²) < 4.78 is 10.1. The maximum atomic E-state index is 11.6. The van der Waals surface area contributed by atoms with Gasteiger partial charge in [0.25, 0.3) is 0 Å². The van der Waals surface area contributed by atoms with E-state index in [9.17, 15) is 4.79 Å². The molecule has 1 rings (SSSR count). The SMILES string of the molecule is CCCNC(C(=O)OC)C1CCOCC1. The molecule has 0 aromatic carbocycles. The van der Waals surface area contributed by atoms with Gasteiger partial charge in [0.1, 0.15) is 6.04 Å². The van der Waals surface area contributed by atoms with Crippen LogP contribution in [0.15, 0.2) is 0 Å². The summed E-state index contributed by atoms with van der Waals surface area (Å²) in [6, 6.07) is -0.154. The number of hydrogen-bond donors (Lipinski definition) is 1. The van der Waals surface area contributed by atoms with E-state index in [1.807, 2.05) is 0 Å². The predicted octanol–water partition coefficient (Wildman–Crippen LogP) is 0.954. The second kappa shape index (κ2) is 6.80. The number of nitrogens with one attached hydrogen (secondary N) is 1. The second-order valence-electron chi connectivity index (χ2n) is 3.90. The molecule has 0 aromatic rings. The van der Waals surface area contributed by atoms with Gasteiger partial charge in [0.05, 0.1) is 7.11 Å². The van der Waals surface area contributed by atoms with E-state index in [4.69, 9.17) is 9.47 Å². The summed E-state index contributed by atoms with van der Waals surface area (Å²) in [6.07, 6.45) is 2.91. The minimum absolute atomic E-state index is 0.143. The van der Waals surface area contributed by atoms with E-state index >= 15 is 0 Å². The molecule has 0 spiro atoms. The highest BCUT2D eigenvalue weighted by Gasteiger charge is 2.29. The highest BCUT2D eigenvalue weighted by Crippen LogP contribution is 2.19. The van der Waals surface area contributed by atoms with Gasteiger partial charge in [-0.25, -0.2) is 0 Å². The zero-order valence-corrected chi connectivity index (χ0v) is 9.62. The van der Waals surface area contributed by atoms with E-state index in [1.54, 1.807) is 0 Å². The van der Waals surface area contributed by atoms with E-state index in [0.29, 0.717) is 5.92 Å². The normalized spacial score (nSPS) is 19.9. The molecule has 1 aliphatic heterocycles. The Labute approximate surface area is 91.3 Å². The summed E-state index contributed by atoms with van der Waals surface area (Å²) in [5.74, 6) is 0.216. The lowest BCUT2D eigenvalue weighted by Gasteiger charge is -2.29. The van der Waals surface area contributed by atoms with Gasteiger partial charge in [-0.05, 0) is 31.7 Å². The van der Waals surface area contributed by atoms with Crippen LogP contribution in [-0.4, -0.2) is 38.9 Å². The average Bonchev–Trinajstić information content (AvgIpc) is 2.30. The molecule has 0 aliphatic carbocycles. The lowest BCUT2D eigenvalue weighted by molar-refractivity contribution is -0.145. The first kappa shape index (κ1) is 12.5. The average molecular weight is 215 g/mol. The van der Waals surface area contributed by atoms with Gasteiger partial charge in [-0.1, -0.05) is 6.92 Å². The van der Waals surface area contributed by atoms with Gasteiger partial charge in [0.2, 0.25) is 0 Å². The highest BCUT2D eigenvalue weighted by molar-refractivity contribution is 5.76. The van der Waals surface area contributed by atoms with Crippen LogP contribution in [0.2, 0.25) is 0 Å². The van der Waals surface area contributed by atoms with Crippen LogP contribution in [0, 0.1) is 5.92 Å². The Balaban J connectivity index is 2.49. The number of methoxy groups -OCH3 is 1. The van der Waals surface area contributed by atoms with Crippen molar-refractivity contribution in [2.75, 3.05) is 26.9 Å². The number of carbonyl (C=O) groups excluding carboxylic acids is 1. The number of hydrogen-bond acceptors (Lipinski definition) is 4. The third-order valence-corrected chi connectivity index (χ3v) is 2.81. The molecule has 0 bridgehead atoms. The Bertz CT molecular complexity index is 190. The first-order chi connectivity index (χ1) is 7.29. The zero-order valence-electron chi connectivity index (χ0n) is 9.62.